The van der Waals surface area contributed by atoms with Crippen LogP contribution in [0.5, 0.6) is 0 Å². The minimum atomic E-state index is -0.412. The van der Waals surface area contributed by atoms with Gasteiger partial charge in [0.2, 0.25) is 0 Å². The van der Waals surface area contributed by atoms with Crippen molar-refractivity contribution >= 4 is 23.2 Å². The Labute approximate surface area is 133 Å². The van der Waals surface area contributed by atoms with Crippen molar-refractivity contribution in [1.29, 1.82) is 0 Å². The Morgan fingerprint density at radius 2 is 1.90 bits per heavy atom. The molecule has 0 amide bonds. The largest absolute Gasteiger partial charge is 0.237 e. The Morgan fingerprint density at radius 1 is 1.14 bits per heavy atom. The van der Waals surface area contributed by atoms with Crippen molar-refractivity contribution in [3.8, 4) is 0 Å². The molecule has 0 spiro atoms. The molecule has 110 valence electrons. The van der Waals surface area contributed by atoms with Crippen molar-refractivity contribution in [3.63, 3.8) is 0 Å². The fraction of sp³-hybridized carbons (Fsp3) is 0.375. The average molecular weight is 325 g/mol. The summed E-state index contributed by atoms with van der Waals surface area (Å²) in [5.74, 6) is 0.587. The predicted molar refractivity (Wildman–Crippen MR) is 82.5 cm³/mol. The van der Waals surface area contributed by atoms with Gasteiger partial charge in [-0.2, -0.15) is 0 Å². The van der Waals surface area contributed by atoms with Crippen molar-refractivity contribution in [2.45, 2.75) is 38.0 Å². The van der Waals surface area contributed by atoms with Crippen LogP contribution in [0.1, 0.15) is 48.7 Å². The van der Waals surface area contributed by atoms with E-state index in [0.717, 1.165) is 18.5 Å². The molecule has 0 unspecified atom stereocenters. The zero-order valence-electron chi connectivity index (χ0n) is 11.5. The number of aromatic nitrogens is 2. The van der Waals surface area contributed by atoms with Crippen LogP contribution in [0.25, 0.3) is 0 Å². The van der Waals surface area contributed by atoms with E-state index in [2.05, 4.69) is 9.97 Å². The zero-order chi connectivity index (χ0) is 14.8. The summed E-state index contributed by atoms with van der Waals surface area (Å²) in [5, 5.41) is 0.537. The molecule has 1 aromatic carbocycles. The summed E-state index contributed by atoms with van der Waals surface area (Å²) in [6.07, 6.45) is 5.03. The normalized spacial score (nSPS) is 15.6. The summed E-state index contributed by atoms with van der Waals surface area (Å²) >= 11 is 11.9. The van der Waals surface area contributed by atoms with Gasteiger partial charge in [0.1, 0.15) is 16.8 Å². The van der Waals surface area contributed by atoms with E-state index in [1.807, 2.05) is 6.07 Å². The molecule has 0 saturated heterocycles. The highest BCUT2D eigenvalue weighted by atomic mass is 35.5. The second-order valence-electron chi connectivity index (χ2n) is 5.40. The fourth-order valence-electron chi connectivity index (χ4n) is 2.85. The molecule has 1 heterocycles. The molecule has 0 bridgehead atoms. The molecule has 5 heteroatoms. The lowest BCUT2D eigenvalue weighted by Crippen LogP contribution is -2.05. The van der Waals surface area contributed by atoms with Gasteiger partial charge in [-0.15, -0.1) is 0 Å². The molecule has 0 N–H and O–H groups in total. The molecular formula is C16H15Cl2FN2. The summed E-state index contributed by atoms with van der Waals surface area (Å²) in [4.78, 5) is 8.79. The summed E-state index contributed by atoms with van der Waals surface area (Å²) in [5.41, 5.74) is 1.46. The third-order valence-corrected chi connectivity index (χ3v) is 4.40. The van der Waals surface area contributed by atoms with Crippen molar-refractivity contribution in [2.24, 2.45) is 0 Å². The van der Waals surface area contributed by atoms with Crippen molar-refractivity contribution in [2.75, 3.05) is 0 Å². The molecule has 1 aromatic heterocycles. The first-order valence-corrected chi connectivity index (χ1v) is 7.85. The Hall–Kier alpha value is -1.19. The summed E-state index contributed by atoms with van der Waals surface area (Å²) in [6, 6.07) is 6.78. The molecule has 1 aliphatic carbocycles. The summed E-state index contributed by atoms with van der Waals surface area (Å²) in [7, 11) is 0. The van der Waals surface area contributed by atoms with Crippen LogP contribution >= 0.6 is 23.2 Å². The first kappa shape index (κ1) is 14.7. The Morgan fingerprint density at radius 3 is 2.67 bits per heavy atom. The van der Waals surface area contributed by atoms with Gasteiger partial charge in [0.05, 0.1) is 5.02 Å². The van der Waals surface area contributed by atoms with Crippen LogP contribution in [-0.4, -0.2) is 9.97 Å². The quantitative estimate of drug-likeness (QED) is 0.728. The predicted octanol–water partition coefficient (Wildman–Crippen LogP) is 5.17. The van der Waals surface area contributed by atoms with Gasteiger partial charge in [0.15, 0.2) is 0 Å². The highest BCUT2D eigenvalue weighted by Gasteiger charge is 2.20. The Kier molecular flexibility index (Phi) is 4.41. The molecule has 21 heavy (non-hydrogen) atoms. The van der Waals surface area contributed by atoms with Crippen LogP contribution in [0.15, 0.2) is 24.3 Å². The second kappa shape index (κ2) is 6.29. The molecule has 3 rings (SSSR count). The average Bonchev–Trinajstić information content (AvgIpc) is 2.97. The van der Waals surface area contributed by atoms with E-state index in [1.165, 1.54) is 18.9 Å². The van der Waals surface area contributed by atoms with Gasteiger partial charge in [-0.1, -0.05) is 48.2 Å². The SMILES string of the molecule is Fc1c(Cl)cccc1Cc1nc(Cl)cc(C2CCCC2)n1. The highest BCUT2D eigenvalue weighted by Crippen LogP contribution is 2.33. The van der Waals surface area contributed by atoms with Gasteiger partial charge in [-0.25, -0.2) is 14.4 Å². The molecule has 2 aromatic rings. The molecular weight excluding hydrogens is 310 g/mol. The van der Waals surface area contributed by atoms with Crippen LogP contribution in [0.4, 0.5) is 4.39 Å². The van der Waals surface area contributed by atoms with E-state index in [1.54, 1.807) is 12.1 Å². The van der Waals surface area contributed by atoms with Crippen molar-refractivity contribution < 1.29 is 4.39 Å². The third-order valence-electron chi connectivity index (χ3n) is 3.91. The second-order valence-corrected chi connectivity index (χ2v) is 6.20. The van der Waals surface area contributed by atoms with E-state index in [0.29, 0.717) is 28.9 Å². The van der Waals surface area contributed by atoms with E-state index in [-0.39, 0.29) is 5.02 Å². The Bertz CT molecular complexity index is 655. The molecule has 0 aliphatic heterocycles. The van der Waals surface area contributed by atoms with Crippen molar-refractivity contribution in [1.82, 2.24) is 9.97 Å². The van der Waals surface area contributed by atoms with Crippen molar-refractivity contribution in [3.05, 3.63) is 57.3 Å². The molecule has 0 radical (unpaired) electrons. The molecule has 1 fully saturated rings. The molecule has 2 nitrogen and oxygen atoms in total. The van der Waals surface area contributed by atoms with Crippen LogP contribution in [0.2, 0.25) is 10.2 Å². The van der Waals surface area contributed by atoms with E-state index in [4.69, 9.17) is 23.2 Å². The fourth-order valence-corrected chi connectivity index (χ4v) is 3.25. The molecule has 1 saturated carbocycles. The number of hydrogen-bond acceptors (Lipinski definition) is 2. The van der Waals surface area contributed by atoms with Gasteiger partial charge < -0.3 is 0 Å². The smallest absolute Gasteiger partial charge is 0.145 e. The zero-order valence-corrected chi connectivity index (χ0v) is 13.0. The van der Waals surface area contributed by atoms with E-state index in [9.17, 15) is 4.39 Å². The third kappa shape index (κ3) is 3.35. The van der Waals surface area contributed by atoms with Crippen LogP contribution in [0, 0.1) is 5.82 Å². The number of benzene rings is 1. The maximum absolute atomic E-state index is 14.0. The topological polar surface area (TPSA) is 25.8 Å². The first-order valence-electron chi connectivity index (χ1n) is 7.10. The highest BCUT2D eigenvalue weighted by molar-refractivity contribution is 6.30. The lowest BCUT2D eigenvalue weighted by atomic mass is 10.0. The standard InChI is InChI=1S/C16H15Cl2FN2/c17-12-7-3-6-11(16(12)19)8-15-20-13(9-14(18)21-15)10-4-1-2-5-10/h3,6-7,9-10H,1-2,4-5,8H2. The number of nitrogens with zero attached hydrogens (tertiary/aromatic N) is 2. The van der Waals surface area contributed by atoms with Crippen LogP contribution < -0.4 is 0 Å². The summed E-state index contributed by atoms with van der Waals surface area (Å²) < 4.78 is 14.0. The maximum atomic E-state index is 14.0. The lowest BCUT2D eigenvalue weighted by Gasteiger charge is -2.11. The monoisotopic (exact) mass is 324 g/mol. The Balaban J connectivity index is 1.89. The first-order chi connectivity index (χ1) is 10.1. The van der Waals surface area contributed by atoms with E-state index >= 15 is 0 Å². The lowest BCUT2D eigenvalue weighted by molar-refractivity contribution is 0.611. The van der Waals surface area contributed by atoms with Gasteiger partial charge in [-0.05, 0) is 30.5 Å². The van der Waals surface area contributed by atoms with Gasteiger partial charge >= 0.3 is 0 Å². The van der Waals surface area contributed by atoms with Gasteiger partial charge in [0.25, 0.3) is 0 Å². The van der Waals surface area contributed by atoms with Crippen LogP contribution in [-0.2, 0) is 6.42 Å². The minimum Gasteiger partial charge on any atom is -0.237 e. The molecule has 1 aliphatic rings. The van der Waals surface area contributed by atoms with Gasteiger partial charge in [-0.3, -0.25) is 0 Å². The number of hydrogen-bond donors (Lipinski definition) is 0. The van der Waals surface area contributed by atoms with Gasteiger partial charge in [0, 0.05) is 18.0 Å². The molecule has 0 atom stereocenters. The summed E-state index contributed by atoms with van der Waals surface area (Å²) in [6.45, 7) is 0. The number of halogens is 3. The van der Waals surface area contributed by atoms with Crippen LogP contribution in [0.3, 0.4) is 0 Å². The maximum Gasteiger partial charge on any atom is 0.145 e. The van der Waals surface area contributed by atoms with E-state index < -0.39 is 5.82 Å². The number of rotatable bonds is 3. The minimum absolute atomic E-state index is 0.116.